The summed E-state index contributed by atoms with van der Waals surface area (Å²) in [6.07, 6.45) is -3.81. The molecule has 126 valence electrons. The van der Waals surface area contributed by atoms with E-state index < -0.39 is 29.9 Å². The van der Waals surface area contributed by atoms with Crippen LogP contribution in [0.25, 0.3) is 11.3 Å². The van der Waals surface area contributed by atoms with Crippen LogP contribution in [-0.2, 0) is 12.0 Å². The Labute approximate surface area is 126 Å². The Morgan fingerprint density at radius 3 is 2.61 bits per heavy atom. The molecule has 10 heteroatoms. The summed E-state index contributed by atoms with van der Waals surface area (Å²) in [4.78, 5) is 0. The molecule has 0 aromatic carbocycles. The number of nitrogens with zero attached hydrogens (tertiary/aromatic N) is 3. The lowest BCUT2D eigenvalue weighted by Gasteiger charge is -2.27. The van der Waals surface area contributed by atoms with Crippen LogP contribution in [0.1, 0.15) is 43.3 Å². The number of aliphatic hydroxyl groups is 1. The average molecular weight is 337 g/mol. The van der Waals surface area contributed by atoms with Crippen molar-refractivity contribution in [1.82, 2.24) is 14.9 Å². The first kappa shape index (κ1) is 15.9. The van der Waals surface area contributed by atoms with Gasteiger partial charge in [0.25, 0.3) is 0 Å². The summed E-state index contributed by atoms with van der Waals surface area (Å²) in [5.74, 6) is -0.584. The first-order valence-corrected chi connectivity index (χ1v) is 6.69. The summed E-state index contributed by atoms with van der Waals surface area (Å²) in [6, 6.07) is 0. The smallest absolute Gasteiger partial charge is 0.375 e. The van der Waals surface area contributed by atoms with Crippen molar-refractivity contribution >= 4 is 0 Å². The van der Waals surface area contributed by atoms with Gasteiger partial charge in [0.05, 0.1) is 11.3 Å². The lowest BCUT2D eigenvalue weighted by Crippen LogP contribution is -2.40. The molecule has 0 fully saturated rings. The second-order valence-corrected chi connectivity index (χ2v) is 5.70. The SMILES string of the molecule is C[C@@H]1Cc2nn(C(F)F)cc2-c2onc([C@](C)(O)C(F)(F)F)c21. The zero-order chi connectivity index (χ0) is 17.2. The molecule has 2 aromatic rings. The third-order valence-electron chi connectivity index (χ3n) is 3.99. The standard InChI is InChI=1S/C13H12F5N3O2/c1-5-3-7-6(4-21(19-7)11(14)15)9-8(5)10(20-23-9)12(2,22)13(16,17)18/h4-5,11,22H,3H2,1-2H3/t5-,12+/m1/s1. The van der Waals surface area contributed by atoms with Gasteiger partial charge in [-0.2, -0.15) is 27.1 Å². The Morgan fingerprint density at radius 1 is 1.39 bits per heavy atom. The highest BCUT2D eigenvalue weighted by molar-refractivity contribution is 5.68. The maximum absolute atomic E-state index is 13.1. The molecule has 0 amide bonds. The normalized spacial score (nSPS) is 20.3. The molecule has 0 aliphatic heterocycles. The predicted octanol–water partition coefficient (Wildman–Crippen LogP) is 3.36. The average Bonchev–Trinajstić information content (AvgIpc) is 3.00. The zero-order valence-corrected chi connectivity index (χ0v) is 12.0. The second-order valence-electron chi connectivity index (χ2n) is 5.70. The number of aromatic nitrogens is 3. The summed E-state index contributed by atoms with van der Waals surface area (Å²) in [5.41, 5.74) is -3.33. The van der Waals surface area contributed by atoms with Gasteiger partial charge in [-0.15, -0.1) is 0 Å². The van der Waals surface area contributed by atoms with E-state index in [1.54, 1.807) is 6.92 Å². The van der Waals surface area contributed by atoms with E-state index in [-0.39, 0.29) is 23.3 Å². The molecular formula is C13H12F5N3O2. The molecule has 2 aromatic heterocycles. The lowest BCUT2D eigenvalue weighted by atomic mass is 9.82. The van der Waals surface area contributed by atoms with Crippen molar-refractivity contribution in [3.8, 4) is 11.3 Å². The van der Waals surface area contributed by atoms with E-state index in [4.69, 9.17) is 4.52 Å². The molecule has 0 spiro atoms. The number of hydrogen-bond acceptors (Lipinski definition) is 4. The van der Waals surface area contributed by atoms with Crippen molar-refractivity contribution in [3.05, 3.63) is 23.1 Å². The van der Waals surface area contributed by atoms with E-state index in [9.17, 15) is 27.1 Å². The second kappa shape index (κ2) is 4.76. The van der Waals surface area contributed by atoms with E-state index in [0.717, 1.165) is 6.20 Å². The third-order valence-corrected chi connectivity index (χ3v) is 3.99. The molecule has 0 radical (unpaired) electrons. The van der Waals surface area contributed by atoms with Crippen molar-refractivity contribution < 1.29 is 31.6 Å². The van der Waals surface area contributed by atoms with Crippen LogP contribution >= 0.6 is 0 Å². The van der Waals surface area contributed by atoms with Crippen LogP contribution in [0.2, 0.25) is 0 Å². The minimum absolute atomic E-state index is 0.0636. The topological polar surface area (TPSA) is 64.1 Å². The first-order valence-electron chi connectivity index (χ1n) is 6.69. The first-order chi connectivity index (χ1) is 10.5. The van der Waals surface area contributed by atoms with Crippen LogP contribution in [-0.4, -0.2) is 26.2 Å². The largest absolute Gasteiger partial charge is 0.422 e. The number of alkyl halides is 5. The highest BCUT2D eigenvalue weighted by Gasteiger charge is 2.55. The van der Waals surface area contributed by atoms with E-state index in [1.807, 2.05) is 0 Å². The van der Waals surface area contributed by atoms with Crippen LogP contribution in [0.5, 0.6) is 0 Å². The predicted molar refractivity (Wildman–Crippen MR) is 66.7 cm³/mol. The van der Waals surface area contributed by atoms with Gasteiger partial charge in [-0.3, -0.25) is 0 Å². The van der Waals surface area contributed by atoms with Gasteiger partial charge in [0.1, 0.15) is 5.69 Å². The lowest BCUT2D eigenvalue weighted by molar-refractivity contribution is -0.261. The van der Waals surface area contributed by atoms with E-state index in [0.29, 0.717) is 17.3 Å². The molecule has 0 unspecified atom stereocenters. The fraction of sp³-hybridized carbons (Fsp3) is 0.538. The Balaban J connectivity index is 2.17. The van der Waals surface area contributed by atoms with Crippen molar-refractivity contribution in [3.63, 3.8) is 0 Å². The molecule has 5 nitrogen and oxygen atoms in total. The Hall–Kier alpha value is -1.97. The quantitative estimate of drug-likeness (QED) is 0.854. The maximum Gasteiger partial charge on any atom is 0.422 e. The summed E-state index contributed by atoms with van der Waals surface area (Å²) in [6.45, 7) is -0.702. The molecule has 23 heavy (non-hydrogen) atoms. The maximum atomic E-state index is 13.1. The van der Waals surface area contributed by atoms with Gasteiger partial charge < -0.3 is 9.63 Å². The van der Waals surface area contributed by atoms with Crippen LogP contribution in [0, 0.1) is 0 Å². The Morgan fingerprint density at radius 2 is 2.04 bits per heavy atom. The number of hydrogen-bond donors (Lipinski definition) is 1. The third kappa shape index (κ3) is 2.23. The molecule has 3 rings (SSSR count). The molecule has 0 bridgehead atoms. The molecular weight excluding hydrogens is 325 g/mol. The minimum atomic E-state index is -4.95. The molecule has 1 aliphatic rings. The molecule has 0 saturated heterocycles. The summed E-state index contributed by atoms with van der Waals surface area (Å²) < 4.78 is 70.0. The summed E-state index contributed by atoms with van der Waals surface area (Å²) >= 11 is 0. The van der Waals surface area contributed by atoms with Gasteiger partial charge in [-0.25, -0.2) is 4.68 Å². The molecule has 2 atom stereocenters. The van der Waals surface area contributed by atoms with Crippen LogP contribution in [0.15, 0.2) is 10.7 Å². The Bertz CT molecular complexity index is 747. The van der Waals surface area contributed by atoms with Gasteiger partial charge >= 0.3 is 12.7 Å². The number of fused-ring (bicyclic) bond motifs is 3. The molecule has 1 N–H and O–H groups in total. The fourth-order valence-electron chi connectivity index (χ4n) is 2.70. The van der Waals surface area contributed by atoms with Crippen molar-refractivity contribution in [2.24, 2.45) is 0 Å². The van der Waals surface area contributed by atoms with Gasteiger partial charge in [0, 0.05) is 11.8 Å². The van der Waals surface area contributed by atoms with E-state index in [2.05, 4.69) is 10.3 Å². The molecule has 0 saturated carbocycles. The fourth-order valence-corrected chi connectivity index (χ4v) is 2.70. The van der Waals surface area contributed by atoms with Crippen molar-refractivity contribution in [2.45, 2.75) is 44.5 Å². The summed E-state index contributed by atoms with van der Waals surface area (Å²) in [7, 11) is 0. The monoisotopic (exact) mass is 337 g/mol. The van der Waals surface area contributed by atoms with E-state index in [1.165, 1.54) is 0 Å². The summed E-state index contributed by atoms with van der Waals surface area (Å²) in [5, 5.41) is 16.9. The highest BCUT2D eigenvalue weighted by Crippen LogP contribution is 2.47. The van der Waals surface area contributed by atoms with E-state index >= 15 is 0 Å². The minimum Gasteiger partial charge on any atom is -0.375 e. The van der Waals surface area contributed by atoms with Crippen LogP contribution in [0.3, 0.4) is 0 Å². The van der Waals surface area contributed by atoms with Crippen molar-refractivity contribution in [1.29, 1.82) is 0 Å². The number of rotatable bonds is 2. The van der Waals surface area contributed by atoms with Gasteiger partial charge in [0.2, 0.25) is 5.60 Å². The van der Waals surface area contributed by atoms with Crippen LogP contribution in [0.4, 0.5) is 22.0 Å². The Kier molecular flexibility index (Phi) is 3.29. The van der Waals surface area contributed by atoms with Gasteiger partial charge in [-0.05, 0) is 19.3 Å². The molecule has 2 heterocycles. The zero-order valence-electron chi connectivity index (χ0n) is 12.0. The van der Waals surface area contributed by atoms with Gasteiger partial charge in [0.15, 0.2) is 5.76 Å². The molecule has 1 aliphatic carbocycles. The van der Waals surface area contributed by atoms with Crippen molar-refractivity contribution in [2.75, 3.05) is 0 Å². The van der Waals surface area contributed by atoms with Crippen LogP contribution < -0.4 is 0 Å². The highest BCUT2D eigenvalue weighted by atomic mass is 19.4. The van der Waals surface area contributed by atoms with Gasteiger partial charge in [-0.1, -0.05) is 12.1 Å². The number of halogens is 5.